The van der Waals surface area contributed by atoms with E-state index in [1.807, 2.05) is 12.1 Å². The Hall–Kier alpha value is -2.32. The number of guanidine groups is 1. The van der Waals surface area contributed by atoms with Crippen molar-refractivity contribution in [1.29, 1.82) is 0 Å². The fourth-order valence-electron chi connectivity index (χ4n) is 2.45. The Kier molecular flexibility index (Phi) is 5.95. The molecule has 26 heavy (non-hydrogen) atoms. The molecular weight excluding hydrogens is 352 g/mol. The highest BCUT2D eigenvalue weighted by Gasteiger charge is 2.21. The second kappa shape index (κ2) is 8.37. The van der Waals surface area contributed by atoms with Gasteiger partial charge < -0.3 is 15.1 Å². The minimum Gasteiger partial charge on any atom is -0.469 e. The zero-order chi connectivity index (χ0) is 18.4. The Morgan fingerprint density at radius 2 is 1.96 bits per heavy atom. The van der Waals surface area contributed by atoms with Gasteiger partial charge in [-0.15, -0.1) is 0 Å². The quantitative estimate of drug-likeness (QED) is 0.479. The van der Waals surface area contributed by atoms with E-state index in [9.17, 15) is 8.42 Å². The van der Waals surface area contributed by atoms with Gasteiger partial charge in [0.25, 0.3) is 0 Å². The number of nitrogens with one attached hydrogen (secondary N) is 2. The van der Waals surface area contributed by atoms with Crippen molar-refractivity contribution in [2.75, 3.05) is 13.1 Å². The van der Waals surface area contributed by atoms with Gasteiger partial charge in [0.15, 0.2) is 5.96 Å². The van der Waals surface area contributed by atoms with Crippen LogP contribution in [0.2, 0.25) is 0 Å². The van der Waals surface area contributed by atoms with E-state index in [4.69, 9.17) is 9.56 Å². The SMILES string of the molecule is NS(=O)(=O)c1ccc(CN=C(NCCc2ccco2)NCC2CC2)cc1. The number of nitrogens with two attached hydrogens (primary N) is 1. The maximum atomic E-state index is 11.3. The second-order valence-electron chi connectivity index (χ2n) is 6.43. The average Bonchev–Trinajstić information content (AvgIpc) is 3.30. The molecule has 2 aromatic rings. The number of aliphatic imine (C=N–C) groups is 1. The van der Waals surface area contributed by atoms with E-state index in [-0.39, 0.29) is 4.90 Å². The van der Waals surface area contributed by atoms with Crippen LogP contribution in [0.15, 0.2) is 57.0 Å². The third-order valence-electron chi connectivity index (χ3n) is 4.17. The second-order valence-corrected chi connectivity index (χ2v) is 8.00. The molecule has 1 aliphatic rings. The zero-order valence-corrected chi connectivity index (χ0v) is 15.3. The molecule has 1 fully saturated rings. The minimum absolute atomic E-state index is 0.105. The van der Waals surface area contributed by atoms with E-state index in [0.29, 0.717) is 13.1 Å². The van der Waals surface area contributed by atoms with Gasteiger partial charge in [-0.25, -0.2) is 18.5 Å². The van der Waals surface area contributed by atoms with Crippen molar-refractivity contribution < 1.29 is 12.8 Å². The number of rotatable bonds is 8. The molecule has 3 rings (SSSR count). The summed E-state index contributed by atoms with van der Waals surface area (Å²) in [6.07, 6.45) is 4.98. The van der Waals surface area contributed by atoms with Crippen LogP contribution in [0, 0.1) is 5.92 Å². The van der Waals surface area contributed by atoms with Crippen molar-refractivity contribution in [2.45, 2.75) is 30.7 Å². The lowest BCUT2D eigenvalue weighted by Crippen LogP contribution is -2.39. The molecule has 0 bridgehead atoms. The summed E-state index contributed by atoms with van der Waals surface area (Å²) in [7, 11) is -3.67. The summed E-state index contributed by atoms with van der Waals surface area (Å²) in [4.78, 5) is 4.69. The fourth-order valence-corrected chi connectivity index (χ4v) is 2.97. The number of benzene rings is 1. The highest BCUT2D eigenvalue weighted by atomic mass is 32.2. The molecule has 1 saturated carbocycles. The maximum Gasteiger partial charge on any atom is 0.238 e. The van der Waals surface area contributed by atoms with Gasteiger partial charge in [0.2, 0.25) is 10.0 Å². The van der Waals surface area contributed by atoms with Crippen molar-refractivity contribution in [1.82, 2.24) is 10.6 Å². The summed E-state index contributed by atoms with van der Waals surface area (Å²) in [6.45, 7) is 2.08. The summed E-state index contributed by atoms with van der Waals surface area (Å²) >= 11 is 0. The van der Waals surface area contributed by atoms with Gasteiger partial charge in [0.05, 0.1) is 17.7 Å². The third kappa shape index (κ3) is 5.89. The smallest absolute Gasteiger partial charge is 0.238 e. The molecular formula is C18H24N4O3S. The Balaban J connectivity index is 1.57. The summed E-state index contributed by atoms with van der Waals surface area (Å²) in [6, 6.07) is 10.3. The first kappa shape index (κ1) is 18.5. The molecule has 1 heterocycles. The van der Waals surface area contributed by atoms with Crippen LogP contribution < -0.4 is 15.8 Å². The lowest BCUT2D eigenvalue weighted by atomic mass is 10.2. The number of furan rings is 1. The molecule has 0 atom stereocenters. The van der Waals surface area contributed by atoms with E-state index < -0.39 is 10.0 Å². The first-order valence-electron chi connectivity index (χ1n) is 8.67. The molecule has 0 amide bonds. The lowest BCUT2D eigenvalue weighted by molar-refractivity contribution is 0.506. The molecule has 1 aromatic heterocycles. The van der Waals surface area contributed by atoms with Crippen LogP contribution in [-0.2, 0) is 23.0 Å². The molecule has 0 saturated heterocycles. The van der Waals surface area contributed by atoms with Gasteiger partial charge in [-0.2, -0.15) is 0 Å². The Morgan fingerprint density at radius 3 is 2.58 bits per heavy atom. The van der Waals surface area contributed by atoms with Crippen LogP contribution in [0.1, 0.15) is 24.2 Å². The molecule has 8 heteroatoms. The van der Waals surface area contributed by atoms with Crippen molar-refractivity contribution in [3.8, 4) is 0 Å². The lowest BCUT2D eigenvalue weighted by Gasteiger charge is -2.12. The molecule has 0 unspecified atom stereocenters. The topological polar surface area (TPSA) is 110 Å². The predicted molar refractivity (Wildman–Crippen MR) is 100 cm³/mol. The summed E-state index contributed by atoms with van der Waals surface area (Å²) < 4.78 is 27.9. The Labute approximate surface area is 153 Å². The normalized spacial score (nSPS) is 15.0. The van der Waals surface area contributed by atoms with Gasteiger partial charge in [-0.05, 0) is 48.6 Å². The predicted octanol–water partition coefficient (Wildman–Crippen LogP) is 1.61. The van der Waals surface area contributed by atoms with E-state index in [0.717, 1.165) is 36.2 Å². The number of hydrogen-bond acceptors (Lipinski definition) is 4. The van der Waals surface area contributed by atoms with Gasteiger partial charge in [-0.1, -0.05) is 12.1 Å². The minimum atomic E-state index is -3.67. The highest BCUT2D eigenvalue weighted by molar-refractivity contribution is 7.89. The molecule has 1 aliphatic carbocycles. The van der Waals surface area contributed by atoms with Gasteiger partial charge in [-0.3, -0.25) is 0 Å². The number of sulfonamides is 1. The monoisotopic (exact) mass is 376 g/mol. The molecule has 1 aromatic carbocycles. The zero-order valence-electron chi connectivity index (χ0n) is 14.5. The van der Waals surface area contributed by atoms with Crippen molar-refractivity contribution in [2.24, 2.45) is 16.0 Å². The van der Waals surface area contributed by atoms with Crippen LogP contribution in [0.3, 0.4) is 0 Å². The van der Waals surface area contributed by atoms with Crippen molar-refractivity contribution >= 4 is 16.0 Å². The molecule has 7 nitrogen and oxygen atoms in total. The molecule has 4 N–H and O–H groups in total. The average molecular weight is 376 g/mol. The van der Waals surface area contributed by atoms with Gasteiger partial charge in [0.1, 0.15) is 5.76 Å². The summed E-state index contributed by atoms with van der Waals surface area (Å²) in [5.74, 6) is 2.41. The Morgan fingerprint density at radius 1 is 1.19 bits per heavy atom. The first-order chi connectivity index (χ1) is 12.5. The first-order valence-corrected chi connectivity index (χ1v) is 10.2. The van der Waals surface area contributed by atoms with Crippen molar-refractivity contribution in [3.63, 3.8) is 0 Å². The van der Waals surface area contributed by atoms with E-state index in [1.165, 1.54) is 25.0 Å². The highest BCUT2D eigenvalue weighted by Crippen LogP contribution is 2.27. The summed E-state index contributed by atoms with van der Waals surface area (Å²) in [5.41, 5.74) is 0.913. The number of primary sulfonamides is 1. The Bertz CT molecular complexity index is 826. The van der Waals surface area contributed by atoms with Crippen LogP contribution in [-0.4, -0.2) is 27.5 Å². The van der Waals surface area contributed by atoms with Crippen LogP contribution in [0.4, 0.5) is 0 Å². The fraction of sp³-hybridized carbons (Fsp3) is 0.389. The molecule has 0 spiro atoms. The largest absolute Gasteiger partial charge is 0.469 e. The number of hydrogen-bond donors (Lipinski definition) is 3. The third-order valence-corrected chi connectivity index (χ3v) is 5.10. The van der Waals surface area contributed by atoms with E-state index in [1.54, 1.807) is 18.4 Å². The van der Waals surface area contributed by atoms with E-state index >= 15 is 0 Å². The van der Waals surface area contributed by atoms with E-state index in [2.05, 4.69) is 15.6 Å². The van der Waals surface area contributed by atoms with Gasteiger partial charge in [0, 0.05) is 19.5 Å². The standard InChI is InChI=1S/C18H24N4O3S/c19-26(23,24)17-7-5-15(6-8-17)13-22-18(21-12-14-3-4-14)20-10-9-16-2-1-11-25-16/h1-2,5-8,11,14H,3-4,9-10,12-13H2,(H2,19,23,24)(H2,20,21,22). The maximum absolute atomic E-state index is 11.3. The van der Waals surface area contributed by atoms with Crippen LogP contribution in [0.5, 0.6) is 0 Å². The number of nitrogens with zero attached hydrogens (tertiary/aromatic N) is 1. The van der Waals surface area contributed by atoms with Gasteiger partial charge >= 0.3 is 0 Å². The molecule has 140 valence electrons. The molecule has 0 aliphatic heterocycles. The van der Waals surface area contributed by atoms with Crippen LogP contribution >= 0.6 is 0 Å². The van der Waals surface area contributed by atoms with Crippen LogP contribution in [0.25, 0.3) is 0 Å². The van der Waals surface area contributed by atoms with Crippen molar-refractivity contribution in [3.05, 3.63) is 54.0 Å². The summed E-state index contributed by atoms with van der Waals surface area (Å²) in [5, 5.41) is 11.8. The molecule has 0 radical (unpaired) electrons.